The monoisotopic (exact) mass is 676 g/mol. The molecule has 1 aliphatic heterocycles. The lowest BCUT2D eigenvalue weighted by Gasteiger charge is -2.28. The van der Waals surface area contributed by atoms with Gasteiger partial charge in [0.15, 0.2) is 29.2 Å². The molecule has 4 N–H and O–H groups in total. The second kappa shape index (κ2) is 17.6. The first kappa shape index (κ1) is 36.3. The summed E-state index contributed by atoms with van der Waals surface area (Å²) in [5.74, 6) is 0.845. The molecular weight excluding hydrogens is 635 g/mol. The highest BCUT2D eigenvalue weighted by Crippen LogP contribution is 2.36. The normalized spacial score (nSPS) is 14.8. The number of ether oxygens (including phenoxy) is 5. The van der Waals surface area contributed by atoms with Gasteiger partial charge in [-0.25, -0.2) is 14.0 Å². The second-order valence-electron chi connectivity index (χ2n) is 10.8. The number of aliphatic hydroxyl groups is 1. The summed E-state index contributed by atoms with van der Waals surface area (Å²) >= 11 is 0. The van der Waals surface area contributed by atoms with Crippen LogP contribution in [-0.4, -0.2) is 56.5 Å². The minimum absolute atomic E-state index is 0.185. The molecule has 1 heterocycles. The van der Waals surface area contributed by atoms with Crippen LogP contribution < -0.4 is 35.0 Å². The van der Waals surface area contributed by atoms with Gasteiger partial charge in [0.2, 0.25) is 0 Å². The highest BCUT2D eigenvalue weighted by Gasteiger charge is 2.32. The smallest absolute Gasteiger partial charge is 0.337 e. The number of hydrogen-bond acceptors (Lipinski definition) is 10. The van der Waals surface area contributed by atoms with E-state index < -0.39 is 24.3 Å². The molecule has 2 atom stereocenters. The average Bonchev–Trinajstić information content (AvgIpc) is 3.08. The fourth-order valence-corrected chi connectivity index (χ4v) is 5.05. The van der Waals surface area contributed by atoms with Gasteiger partial charge in [-0.15, -0.1) is 6.58 Å². The molecule has 0 spiro atoms. The van der Waals surface area contributed by atoms with Crippen LogP contribution in [-0.2, 0) is 22.6 Å². The van der Waals surface area contributed by atoms with Gasteiger partial charge in [-0.05, 0) is 80.3 Å². The van der Waals surface area contributed by atoms with E-state index in [1.807, 2.05) is 13.0 Å². The molecule has 0 unspecified atom stereocenters. The van der Waals surface area contributed by atoms with Crippen LogP contribution in [0.25, 0.3) is 0 Å². The predicted molar refractivity (Wildman–Crippen MR) is 181 cm³/mol. The first-order valence-corrected chi connectivity index (χ1v) is 15.7. The maximum atomic E-state index is 13.3. The predicted octanol–water partition coefficient (Wildman–Crippen LogP) is 5.05. The lowest BCUT2D eigenvalue weighted by Crippen LogP contribution is -2.45. The number of nitrogens with zero attached hydrogens (tertiary/aromatic N) is 1. The number of rotatable bonds is 17. The average molecular weight is 677 g/mol. The van der Waals surface area contributed by atoms with Crippen molar-refractivity contribution in [3.63, 3.8) is 0 Å². The Hall–Kier alpha value is -5.56. The van der Waals surface area contributed by atoms with Crippen LogP contribution in [0, 0.1) is 5.82 Å². The Morgan fingerprint density at radius 1 is 1.04 bits per heavy atom. The quantitative estimate of drug-likeness (QED) is 0.0507. The van der Waals surface area contributed by atoms with E-state index in [1.54, 1.807) is 56.3 Å². The van der Waals surface area contributed by atoms with Crippen molar-refractivity contribution in [1.82, 2.24) is 16.1 Å². The number of hydrogen-bond donors (Lipinski definition) is 4. The lowest BCUT2D eigenvalue weighted by molar-refractivity contribution is -0.136. The molecule has 4 rings (SSSR count). The second-order valence-corrected chi connectivity index (χ2v) is 10.8. The molecule has 12 nitrogen and oxygen atoms in total. The van der Waals surface area contributed by atoms with Gasteiger partial charge in [-0.3, -0.25) is 5.43 Å². The van der Waals surface area contributed by atoms with Crippen LogP contribution in [0.2, 0.25) is 0 Å². The fourth-order valence-electron chi connectivity index (χ4n) is 5.05. The number of allylic oxidation sites excluding steroid dienone is 2. The number of hydrazone groups is 1. The molecule has 3 aromatic carbocycles. The molecular formula is C36H41FN4O8. The third kappa shape index (κ3) is 9.73. The van der Waals surface area contributed by atoms with Gasteiger partial charge in [0.05, 0.1) is 38.2 Å². The van der Waals surface area contributed by atoms with Crippen molar-refractivity contribution < 1.29 is 42.8 Å². The van der Waals surface area contributed by atoms with Crippen LogP contribution >= 0.6 is 0 Å². The number of nitrogens with one attached hydrogen (secondary N) is 3. The van der Waals surface area contributed by atoms with Crippen LogP contribution in [0.3, 0.4) is 0 Å². The summed E-state index contributed by atoms with van der Waals surface area (Å²) in [6.07, 6.45) is 2.58. The number of methoxy groups -OCH3 is 1. The number of aliphatic hydroxyl groups excluding tert-OH is 1. The summed E-state index contributed by atoms with van der Waals surface area (Å²) in [4.78, 5) is 24.7. The minimum atomic E-state index is -1.19. The SMILES string of the molecule is C=CCc1cc(/C=N\N[C@H](O)COc2ccc([C@H]3NC(=O)NC(C)=C3C(=O)OC)cc2OCC)cc(OCC)c1OCc1ccc(F)cc1. The Kier molecular flexibility index (Phi) is 13.0. The molecule has 0 saturated carbocycles. The van der Waals surface area contributed by atoms with Gasteiger partial charge in [-0.1, -0.05) is 24.3 Å². The molecule has 2 amide bonds. The molecule has 260 valence electrons. The van der Waals surface area contributed by atoms with Gasteiger partial charge < -0.3 is 39.4 Å². The Bertz CT molecular complexity index is 1690. The van der Waals surface area contributed by atoms with E-state index >= 15 is 0 Å². The molecule has 0 aliphatic carbocycles. The summed E-state index contributed by atoms with van der Waals surface area (Å²) in [5.41, 5.74) is 6.16. The molecule has 13 heteroatoms. The third-order valence-electron chi connectivity index (χ3n) is 7.22. The zero-order chi connectivity index (χ0) is 35.3. The number of carbonyl (C=O) groups is 2. The van der Waals surface area contributed by atoms with E-state index in [0.29, 0.717) is 59.5 Å². The number of amides is 2. The zero-order valence-electron chi connectivity index (χ0n) is 27.9. The highest BCUT2D eigenvalue weighted by molar-refractivity contribution is 5.95. The van der Waals surface area contributed by atoms with Crippen molar-refractivity contribution in [3.05, 3.63) is 107 Å². The summed E-state index contributed by atoms with van der Waals surface area (Å²) in [5, 5.41) is 20.1. The number of halogens is 1. The maximum absolute atomic E-state index is 13.3. The van der Waals surface area contributed by atoms with Crippen LogP contribution in [0.15, 0.2) is 83.6 Å². The van der Waals surface area contributed by atoms with Gasteiger partial charge in [-0.2, -0.15) is 5.10 Å². The molecule has 3 aromatic rings. The van der Waals surface area contributed by atoms with E-state index in [0.717, 1.165) is 11.1 Å². The first-order chi connectivity index (χ1) is 23.7. The van der Waals surface area contributed by atoms with Crippen molar-refractivity contribution in [2.45, 2.75) is 46.1 Å². The Balaban J connectivity index is 1.44. The van der Waals surface area contributed by atoms with E-state index in [-0.39, 0.29) is 24.6 Å². The van der Waals surface area contributed by atoms with E-state index in [4.69, 9.17) is 23.7 Å². The lowest BCUT2D eigenvalue weighted by atomic mass is 9.95. The van der Waals surface area contributed by atoms with Crippen molar-refractivity contribution >= 4 is 18.2 Å². The van der Waals surface area contributed by atoms with Crippen molar-refractivity contribution in [3.8, 4) is 23.0 Å². The van der Waals surface area contributed by atoms with Gasteiger partial charge in [0.1, 0.15) is 19.0 Å². The number of urea groups is 1. The number of benzene rings is 3. The first-order valence-electron chi connectivity index (χ1n) is 15.7. The maximum Gasteiger partial charge on any atom is 0.337 e. The third-order valence-corrected chi connectivity index (χ3v) is 7.22. The number of esters is 1. The minimum Gasteiger partial charge on any atom is -0.490 e. The molecule has 0 bridgehead atoms. The molecule has 0 saturated heterocycles. The van der Waals surface area contributed by atoms with Crippen molar-refractivity contribution in [1.29, 1.82) is 0 Å². The van der Waals surface area contributed by atoms with Gasteiger partial charge in [0, 0.05) is 11.3 Å². The molecule has 0 aromatic heterocycles. The topological polar surface area (TPSA) is 149 Å². The van der Waals surface area contributed by atoms with E-state index in [2.05, 4.69) is 27.7 Å². The Morgan fingerprint density at radius 2 is 1.78 bits per heavy atom. The Labute approximate surface area is 284 Å². The fraction of sp³-hybridized carbons (Fsp3) is 0.306. The van der Waals surface area contributed by atoms with Crippen molar-refractivity contribution in [2.24, 2.45) is 5.10 Å². The van der Waals surface area contributed by atoms with E-state index in [1.165, 1.54) is 25.5 Å². The van der Waals surface area contributed by atoms with Gasteiger partial charge in [0.25, 0.3) is 0 Å². The Morgan fingerprint density at radius 3 is 2.47 bits per heavy atom. The van der Waals surface area contributed by atoms with Crippen LogP contribution in [0.5, 0.6) is 23.0 Å². The molecule has 49 heavy (non-hydrogen) atoms. The standard InChI is InChI=1S/C36H41FN4O8/c1-6-9-26-16-24(17-30(47-8-3)34(26)49-20-23-10-13-27(37)14-11-23)19-38-41-31(42)21-48-28-15-12-25(18-29(28)46-7-2)33-32(35(43)45-5)22(4)39-36(44)40-33/h6,10-19,31,33,41-42H,1,7-9,20-21H2,2-5H3,(H2,39,40,44)/b38-19-/t31-,33-/m1/s1. The van der Waals surface area contributed by atoms with E-state index in [9.17, 15) is 19.1 Å². The zero-order valence-corrected chi connectivity index (χ0v) is 27.9. The van der Waals surface area contributed by atoms with Crippen molar-refractivity contribution in [2.75, 3.05) is 26.9 Å². The highest BCUT2D eigenvalue weighted by atomic mass is 19.1. The summed E-state index contributed by atoms with van der Waals surface area (Å²) in [6.45, 7) is 9.89. The largest absolute Gasteiger partial charge is 0.490 e. The van der Waals surface area contributed by atoms with Gasteiger partial charge >= 0.3 is 12.0 Å². The molecule has 0 fully saturated rings. The molecule has 0 radical (unpaired) electrons. The summed E-state index contributed by atoms with van der Waals surface area (Å²) in [7, 11) is 1.27. The number of carbonyl (C=O) groups excluding carboxylic acids is 2. The summed E-state index contributed by atoms with van der Waals surface area (Å²) < 4.78 is 41.8. The molecule has 1 aliphatic rings. The van der Waals surface area contributed by atoms with Crippen LogP contribution in [0.4, 0.5) is 9.18 Å². The summed E-state index contributed by atoms with van der Waals surface area (Å²) in [6, 6.07) is 13.5. The van der Waals surface area contributed by atoms with Crippen LogP contribution in [0.1, 0.15) is 49.1 Å².